The molecule has 0 spiro atoms. The number of rotatable bonds is 4. The van der Waals surface area contributed by atoms with Gasteiger partial charge < -0.3 is 10.1 Å². The molecule has 3 aromatic rings. The van der Waals surface area contributed by atoms with E-state index < -0.39 is 5.97 Å². The number of carbonyl (C=O) groups excluding carboxylic acids is 2. The van der Waals surface area contributed by atoms with E-state index in [1.807, 2.05) is 42.5 Å². The predicted molar refractivity (Wildman–Crippen MR) is 83.9 cm³/mol. The molecule has 1 heterocycles. The van der Waals surface area contributed by atoms with Crippen LogP contribution in [0.2, 0.25) is 0 Å². The van der Waals surface area contributed by atoms with Crippen molar-refractivity contribution >= 4 is 28.3 Å². The smallest absolute Gasteiger partial charge is 0.360 e. The molecular formula is C16H14N4O3. The molecule has 7 nitrogen and oxygen atoms in total. The maximum absolute atomic E-state index is 12.2. The third kappa shape index (κ3) is 3.18. The van der Waals surface area contributed by atoms with Gasteiger partial charge in [0.25, 0.3) is 0 Å². The lowest BCUT2D eigenvalue weighted by atomic mass is 10.1. The summed E-state index contributed by atoms with van der Waals surface area (Å²) in [7, 11) is 1.26. The fourth-order valence-corrected chi connectivity index (χ4v) is 2.25. The second kappa shape index (κ2) is 6.27. The molecule has 0 fully saturated rings. The first-order chi connectivity index (χ1) is 11.2. The number of nitrogens with zero attached hydrogens (tertiary/aromatic N) is 3. The van der Waals surface area contributed by atoms with Crippen LogP contribution < -0.4 is 5.32 Å². The lowest BCUT2D eigenvalue weighted by Gasteiger charge is -2.08. The summed E-state index contributed by atoms with van der Waals surface area (Å²) in [6, 6.07) is 13.5. The molecule has 1 amide bonds. The third-order valence-electron chi connectivity index (χ3n) is 3.30. The molecule has 0 bridgehead atoms. The molecule has 0 atom stereocenters. The first kappa shape index (κ1) is 14.7. The Balaban J connectivity index is 1.74. The van der Waals surface area contributed by atoms with Crippen LogP contribution in [0.3, 0.4) is 0 Å². The molecule has 2 aromatic carbocycles. The highest BCUT2D eigenvalue weighted by Gasteiger charge is 2.13. The van der Waals surface area contributed by atoms with Gasteiger partial charge in [-0.1, -0.05) is 41.6 Å². The number of anilines is 1. The highest BCUT2D eigenvalue weighted by Crippen LogP contribution is 2.22. The van der Waals surface area contributed by atoms with Crippen molar-refractivity contribution in [3.63, 3.8) is 0 Å². The van der Waals surface area contributed by atoms with Crippen LogP contribution in [-0.2, 0) is 16.1 Å². The topological polar surface area (TPSA) is 86.1 Å². The molecule has 23 heavy (non-hydrogen) atoms. The summed E-state index contributed by atoms with van der Waals surface area (Å²) < 4.78 is 5.83. The predicted octanol–water partition coefficient (Wildman–Crippen LogP) is 1.86. The van der Waals surface area contributed by atoms with E-state index >= 15 is 0 Å². The fraction of sp³-hybridized carbons (Fsp3) is 0.125. The molecule has 1 aromatic heterocycles. The van der Waals surface area contributed by atoms with Crippen molar-refractivity contribution in [2.75, 3.05) is 12.4 Å². The summed E-state index contributed by atoms with van der Waals surface area (Å²) in [4.78, 5) is 23.5. The van der Waals surface area contributed by atoms with Crippen LogP contribution in [0.5, 0.6) is 0 Å². The Morgan fingerprint density at radius 3 is 2.78 bits per heavy atom. The summed E-state index contributed by atoms with van der Waals surface area (Å²) in [6.45, 7) is -0.0484. The van der Waals surface area contributed by atoms with Crippen molar-refractivity contribution in [3.8, 4) is 0 Å². The first-order valence-electron chi connectivity index (χ1n) is 6.93. The molecule has 0 radical (unpaired) electrons. The van der Waals surface area contributed by atoms with Gasteiger partial charge in [0.2, 0.25) is 5.91 Å². The molecule has 0 aliphatic heterocycles. The number of amides is 1. The minimum atomic E-state index is -0.592. The van der Waals surface area contributed by atoms with Gasteiger partial charge in [-0.15, -0.1) is 5.10 Å². The summed E-state index contributed by atoms with van der Waals surface area (Å²) in [5.74, 6) is -0.853. The van der Waals surface area contributed by atoms with Crippen molar-refractivity contribution in [3.05, 3.63) is 54.4 Å². The zero-order valence-electron chi connectivity index (χ0n) is 12.4. The number of hydrogen-bond acceptors (Lipinski definition) is 5. The molecule has 3 rings (SSSR count). The normalized spacial score (nSPS) is 10.5. The highest BCUT2D eigenvalue weighted by atomic mass is 16.5. The van der Waals surface area contributed by atoms with Crippen molar-refractivity contribution in [1.29, 1.82) is 0 Å². The molecule has 0 saturated carbocycles. The minimum absolute atomic E-state index is 0.0484. The van der Waals surface area contributed by atoms with E-state index in [1.54, 1.807) is 0 Å². The maximum atomic E-state index is 12.2. The van der Waals surface area contributed by atoms with E-state index in [0.29, 0.717) is 0 Å². The second-order valence-corrected chi connectivity index (χ2v) is 4.87. The number of hydrogen-bond donors (Lipinski definition) is 1. The Morgan fingerprint density at radius 2 is 1.96 bits per heavy atom. The van der Waals surface area contributed by atoms with E-state index in [4.69, 9.17) is 0 Å². The standard InChI is InChI=1S/C16H14N4O3/c1-23-16(22)14-9-20(19-18-14)10-15(21)17-13-8-4-6-11-5-2-3-7-12(11)13/h2-9H,10H2,1H3,(H,17,21). The Bertz CT molecular complexity index is 867. The highest BCUT2D eigenvalue weighted by molar-refractivity contribution is 6.02. The van der Waals surface area contributed by atoms with Crippen LogP contribution in [0.25, 0.3) is 10.8 Å². The number of benzene rings is 2. The van der Waals surface area contributed by atoms with Crippen LogP contribution in [0.4, 0.5) is 5.69 Å². The van der Waals surface area contributed by atoms with Crippen molar-refractivity contribution in [1.82, 2.24) is 15.0 Å². The number of carbonyl (C=O) groups is 2. The van der Waals surface area contributed by atoms with Crippen molar-refractivity contribution in [2.24, 2.45) is 0 Å². The van der Waals surface area contributed by atoms with Crippen molar-refractivity contribution < 1.29 is 14.3 Å². The summed E-state index contributed by atoms with van der Waals surface area (Å²) >= 11 is 0. The number of esters is 1. The number of methoxy groups -OCH3 is 1. The average Bonchev–Trinajstić information content (AvgIpc) is 3.03. The average molecular weight is 310 g/mol. The van der Waals surface area contributed by atoms with E-state index in [1.165, 1.54) is 18.0 Å². The number of nitrogens with one attached hydrogen (secondary N) is 1. The van der Waals surface area contributed by atoms with Crippen LogP contribution in [0, 0.1) is 0 Å². The van der Waals surface area contributed by atoms with Gasteiger partial charge in [-0.05, 0) is 11.5 Å². The molecule has 0 aliphatic carbocycles. The number of fused-ring (bicyclic) bond motifs is 1. The molecule has 0 aliphatic rings. The Hall–Kier alpha value is -3.22. The molecule has 116 valence electrons. The van der Waals surface area contributed by atoms with Gasteiger partial charge >= 0.3 is 5.97 Å². The van der Waals surface area contributed by atoms with E-state index in [2.05, 4.69) is 20.4 Å². The summed E-state index contributed by atoms with van der Waals surface area (Å²) in [5, 5.41) is 12.2. The van der Waals surface area contributed by atoms with Crippen LogP contribution in [0.1, 0.15) is 10.5 Å². The van der Waals surface area contributed by atoms with Crippen LogP contribution in [-0.4, -0.2) is 34.0 Å². The van der Waals surface area contributed by atoms with Gasteiger partial charge in [0.15, 0.2) is 5.69 Å². The monoisotopic (exact) mass is 310 g/mol. The minimum Gasteiger partial charge on any atom is -0.464 e. The number of ether oxygens (including phenoxy) is 1. The van der Waals surface area contributed by atoms with E-state index in [0.717, 1.165) is 16.5 Å². The largest absolute Gasteiger partial charge is 0.464 e. The molecule has 0 saturated heterocycles. The molecular weight excluding hydrogens is 296 g/mol. The summed E-state index contributed by atoms with van der Waals surface area (Å²) in [6.07, 6.45) is 1.37. The SMILES string of the molecule is COC(=O)c1cn(CC(=O)Nc2cccc3ccccc23)nn1. The van der Waals surface area contributed by atoms with Crippen molar-refractivity contribution in [2.45, 2.75) is 6.54 Å². The second-order valence-electron chi connectivity index (χ2n) is 4.87. The van der Waals surface area contributed by atoms with Gasteiger partial charge in [-0.2, -0.15) is 0 Å². The van der Waals surface area contributed by atoms with E-state index in [-0.39, 0.29) is 18.1 Å². The number of aromatic nitrogens is 3. The Labute approximate surface area is 131 Å². The lowest BCUT2D eigenvalue weighted by molar-refractivity contribution is -0.116. The first-order valence-corrected chi connectivity index (χ1v) is 6.93. The van der Waals surface area contributed by atoms with E-state index in [9.17, 15) is 9.59 Å². The third-order valence-corrected chi connectivity index (χ3v) is 3.30. The van der Waals surface area contributed by atoms with Crippen LogP contribution in [0.15, 0.2) is 48.7 Å². The van der Waals surface area contributed by atoms with Gasteiger partial charge in [0.05, 0.1) is 13.3 Å². The van der Waals surface area contributed by atoms with Gasteiger partial charge in [-0.3, -0.25) is 4.79 Å². The summed E-state index contributed by atoms with van der Waals surface area (Å²) in [5.41, 5.74) is 0.784. The maximum Gasteiger partial charge on any atom is 0.360 e. The Morgan fingerprint density at radius 1 is 1.17 bits per heavy atom. The lowest BCUT2D eigenvalue weighted by Crippen LogP contribution is -2.19. The Kier molecular flexibility index (Phi) is 4.01. The molecule has 1 N–H and O–H groups in total. The zero-order valence-corrected chi connectivity index (χ0v) is 12.4. The zero-order chi connectivity index (χ0) is 16.2. The molecule has 7 heteroatoms. The quantitative estimate of drug-likeness (QED) is 0.743. The fourth-order valence-electron chi connectivity index (χ4n) is 2.25. The van der Waals surface area contributed by atoms with Gasteiger partial charge in [0, 0.05) is 11.1 Å². The molecule has 0 unspecified atom stereocenters. The van der Waals surface area contributed by atoms with Gasteiger partial charge in [0.1, 0.15) is 6.54 Å². The van der Waals surface area contributed by atoms with Crippen LogP contribution >= 0.6 is 0 Å². The van der Waals surface area contributed by atoms with Gasteiger partial charge in [-0.25, -0.2) is 9.48 Å².